The first-order valence-corrected chi connectivity index (χ1v) is 4.10. The first-order valence-electron chi connectivity index (χ1n) is 4.10. The third-order valence-corrected chi connectivity index (χ3v) is 1.85. The molecular weight excluding hydrogens is 142 g/mol. The fourth-order valence-electron chi connectivity index (χ4n) is 1.12. The second-order valence-electron chi connectivity index (χ2n) is 2.77. The van der Waals surface area contributed by atoms with E-state index in [9.17, 15) is 9.90 Å². The van der Waals surface area contributed by atoms with Crippen LogP contribution in [0.4, 0.5) is 0 Å². The SMILES string of the molecule is CCCC(C(N)=O)C(O)CC. The first-order chi connectivity index (χ1) is 5.13. The van der Waals surface area contributed by atoms with Crippen LogP contribution in [0, 0.1) is 5.92 Å². The maximum atomic E-state index is 10.8. The van der Waals surface area contributed by atoms with E-state index >= 15 is 0 Å². The highest BCUT2D eigenvalue weighted by Crippen LogP contribution is 2.13. The quantitative estimate of drug-likeness (QED) is 0.619. The highest BCUT2D eigenvalue weighted by atomic mass is 16.3. The second kappa shape index (κ2) is 5.13. The molecule has 3 nitrogen and oxygen atoms in total. The van der Waals surface area contributed by atoms with E-state index in [2.05, 4.69) is 0 Å². The largest absolute Gasteiger partial charge is 0.392 e. The molecule has 0 saturated heterocycles. The lowest BCUT2D eigenvalue weighted by Crippen LogP contribution is -2.32. The Hall–Kier alpha value is -0.570. The smallest absolute Gasteiger partial charge is 0.223 e. The molecule has 11 heavy (non-hydrogen) atoms. The van der Waals surface area contributed by atoms with E-state index in [1.54, 1.807) is 0 Å². The van der Waals surface area contributed by atoms with Crippen molar-refractivity contribution in [2.24, 2.45) is 11.7 Å². The first kappa shape index (κ1) is 10.4. The van der Waals surface area contributed by atoms with Gasteiger partial charge in [0.2, 0.25) is 5.91 Å². The average molecular weight is 159 g/mol. The van der Waals surface area contributed by atoms with Crippen LogP contribution in [0.5, 0.6) is 0 Å². The predicted octanol–water partition coefficient (Wildman–Crippen LogP) is 0.659. The van der Waals surface area contributed by atoms with Gasteiger partial charge in [-0.3, -0.25) is 4.79 Å². The van der Waals surface area contributed by atoms with Crippen LogP contribution in [0.25, 0.3) is 0 Å². The Balaban J connectivity index is 3.97. The lowest BCUT2D eigenvalue weighted by molar-refractivity contribution is -0.125. The molecule has 0 aromatic heterocycles. The lowest BCUT2D eigenvalue weighted by Gasteiger charge is -2.17. The molecule has 0 aromatic rings. The van der Waals surface area contributed by atoms with E-state index in [4.69, 9.17) is 5.73 Å². The number of carbonyl (C=O) groups excluding carboxylic acids is 1. The number of rotatable bonds is 5. The number of hydrogen-bond donors (Lipinski definition) is 2. The van der Waals surface area contributed by atoms with Crippen LogP contribution in [0.15, 0.2) is 0 Å². The summed E-state index contributed by atoms with van der Waals surface area (Å²) in [5.41, 5.74) is 5.10. The zero-order chi connectivity index (χ0) is 8.85. The number of carbonyl (C=O) groups is 1. The minimum atomic E-state index is -0.563. The van der Waals surface area contributed by atoms with Crippen LogP contribution in [0.2, 0.25) is 0 Å². The van der Waals surface area contributed by atoms with Gasteiger partial charge in [-0.15, -0.1) is 0 Å². The number of nitrogens with two attached hydrogens (primary N) is 1. The van der Waals surface area contributed by atoms with E-state index in [-0.39, 0.29) is 11.8 Å². The van der Waals surface area contributed by atoms with Crippen molar-refractivity contribution in [1.82, 2.24) is 0 Å². The van der Waals surface area contributed by atoms with Crippen LogP contribution in [0.1, 0.15) is 33.1 Å². The molecule has 3 heteroatoms. The van der Waals surface area contributed by atoms with Crippen molar-refractivity contribution >= 4 is 5.91 Å². The Morgan fingerprint density at radius 3 is 2.36 bits per heavy atom. The molecule has 2 unspecified atom stereocenters. The molecule has 66 valence electrons. The highest BCUT2D eigenvalue weighted by Gasteiger charge is 2.21. The third-order valence-electron chi connectivity index (χ3n) is 1.85. The maximum absolute atomic E-state index is 10.8. The molecule has 0 spiro atoms. The van der Waals surface area contributed by atoms with Gasteiger partial charge in [0, 0.05) is 0 Å². The standard InChI is InChI=1S/C8H17NO2/c1-3-5-6(8(9)11)7(10)4-2/h6-7,10H,3-5H2,1-2H3,(H2,9,11). The molecule has 0 saturated carbocycles. The summed E-state index contributed by atoms with van der Waals surface area (Å²) in [5.74, 6) is -0.744. The molecule has 2 atom stereocenters. The van der Waals surface area contributed by atoms with Gasteiger partial charge >= 0.3 is 0 Å². The molecule has 1 amide bonds. The molecular formula is C8H17NO2. The van der Waals surface area contributed by atoms with Gasteiger partial charge in [0.15, 0.2) is 0 Å². The zero-order valence-electron chi connectivity index (χ0n) is 7.21. The van der Waals surface area contributed by atoms with Crippen molar-refractivity contribution in [2.45, 2.75) is 39.2 Å². The molecule has 0 bridgehead atoms. The van der Waals surface area contributed by atoms with E-state index in [1.807, 2.05) is 13.8 Å². The van der Waals surface area contributed by atoms with Crippen LogP contribution >= 0.6 is 0 Å². The van der Waals surface area contributed by atoms with E-state index in [0.29, 0.717) is 12.8 Å². The summed E-state index contributed by atoms with van der Waals surface area (Å²) >= 11 is 0. The van der Waals surface area contributed by atoms with Crippen molar-refractivity contribution in [2.75, 3.05) is 0 Å². The molecule has 0 aromatic carbocycles. The predicted molar refractivity (Wildman–Crippen MR) is 43.9 cm³/mol. The fourth-order valence-corrected chi connectivity index (χ4v) is 1.12. The van der Waals surface area contributed by atoms with Crippen LogP contribution in [-0.4, -0.2) is 17.1 Å². The third kappa shape index (κ3) is 3.37. The van der Waals surface area contributed by atoms with Gasteiger partial charge in [0.25, 0.3) is 0 Å². The Kier molecular flexibility index (Phi) is 4.86. The molecule has 0 aliphatic carbocycles. The van der Waals surface area contributed by atoms with E-state index in [0.717, 1.165) is 6.42 Å². The summed E-state index contributed by atoms with van der Waals surface area (Å²) in [4.78, 5) is 10.8. The number of amides is 1. The Bertz CT molecular complexity index is 125. The Morgan fingerprint density at radius 2 is 2.09 bits per heavy atom. The minimum absolute atomic E-state index is 0.356. The van der Waals surface area contributed by atoms with Crippen molar-refractivity contribution in [1.29, 1.82) is 0 Å². The number of aliphatic hydroxyl groups excluding tert-OH is 1. The van der Waals surface area contributed by atoms with Gasteiger partial charge in [-0.05, 0) is 12.8 Å². The number of hydrogen-bond acceptors (Lipinski definition) is 2. The fraction of sp³-hybridized carbons (Fsp3) is 0.875. The summed E-state index contributed by atoms with van der Waals surface area (Å²) in [6.07, 6.45) is 1.59. The summed E-state index contributed by atoms with van der Waals surface area (Å²) in [6, 6.07) is 0. The summed E-state index contributed by atoms with van der Waals surface area (Å²) in [6.45, 7) is 3.81. The van der Waals surface area contributed by atoms with Gasteiger partial charge in [-0.1, -0.05) is 20.3 Å². The monoisotopic (exact) mass is 159 g/mol. The van der Waals surface area contributed by atoms with Gasteiger partial charge in [0.1, 0.15) is 0 Å². The van der Waals surface area contributed by atoms with Crippen LogP contribution in [0.3, 0.4) is 0 Å². The molecule has 0 heterocycles. The lowest BCUT2D eigenvalue weighted by atomic mass is 9.95. The highest BCUT2D eigenvalue weighted by molar-refractivity contribution is 5.77. The van der Waals surface area contributed by atoms with E-state index < -0.39 is 6.10 Å². The Morgan fingerprint density at radius 1 is 1.55 bits per heavy atom. The van der Waals surface area contributed by atoms with Gasteiger partial charge < -0.3 is 10.8 Å². The normalized spacial score (nSPS) is 15.9. The summed E-state index contributed by atoms with van der Waals surface area (Å²) < 4.78 is 0. The molecule has 0 radical (unpaired) electrons. The van der Waals surface area contributed by atoms with Crippen LogP contribution in [-0.2, 0) is 4.79 Å². The number of aliphatic hydroxyl groups is 1. The summed E-state index contributed by atoms with van der Waals surface area (Å²) in [7, 11) is 0. The van der Waals surface area contributed by atoms with Gasteiger partial charge in [-0.2, -0.15) is 0 Å². The number of primary amides is 1. The van der Waals surface area contributed by atoms with Crippen LogP contribution < -0.4 is 5.73 Å². The Labute approximate surface area is 67.6 Å². The molecule has 0 aliphatic rings. The maximum Gasteiger partial charge on any atom is 0.223 e. The summed E-state index contributed by atoms with van der Waals surface area (Å²) in [5, 5.41) is 9.32. The molecule has 0 aliphatic heterocycles. The second-order valence-corrected chi connectivity index (χ2v) is 2.77. The molecule has 3 N–H and O–H groups in total. The van der Waals surface area contributed by atoms with E-state index in [1.165, 1.54) is 0 Å². The van der Waals surface area contributed by atoms with Gasteiger partial charge in [-0.25, -0.2) is 0 Å². The molecule has 0 fully saturated rings. The van der Waals surface area contributed by atoms with Crippen molar-refractivity contribution in [3.8, 4) is 0 Å². The topological polar surface area (TPSA) is 63.3 Å². The minimum Gasteiger partial charge on any atom is -0.392 e. The average Bonchev–Trinajstić information content (AvgIpc) is 1.98. The van der Waals surface area contributed by atoms with Gasteiger partial charge in [0.05, 0.1) is 12.0 Å². The molecule has 0 rings (SSSR count). The zero-order valence-corrected chi connectivity index (χ0v) is 7.21. The van der Waals surface area contributed by atoms with Crippen molar-refractivity contribution in [3.05, 3.63) is 0 Å². The van der Waals surface area contributed by atoms with Crippen molar-refractivity contribution in [3.63, 3.8) is 0 Å². The van der Waals surface area contributed by atoms with Crippen molar-refractivity contribution < 1.29 is 9.90 Å².